The van der Waals surface area contributed by atoms with Gasteiger partial charge in [0.2, 0.25) is 0 Å². The van der Waals surface area contributed by atoms with Gasteiger partial charge in [0.25, 0.3) is 0 Å². The topological polar surface area (TPSA) is 35.0 Å². The number of rotatable bonds is 9. The van der Waals surface area contributed by atoms with Crippen molar-refractivity contribution in [1.29, 1.82) is 0 Å². The Morgan fingerprint density at radius 1 is 0.714 bits per heavy atom. The van der Waals surface area contributed by atoms with Crippen LogP contribution in [0, 0.1) is 6.92 Å². The molecule has 14 heavy (non-hydrogen) atoms. The molecule has 0 aliphatic rings. The molecule has 0 atom stereocenters. The van der Waals surface area contributed by atoms with Gasteiger partial charge in [0.05, 0.1) is 0 Å². The summed E-state index contributed by atoms with van der Waals surface area (Å²) in [6, 6.07) is 0. The molecule has 0 heterocycles. The summed E-state index contributed by atoms with van der Waals surface area (Å²) >= 11 is 0. The van der Waals surface area contributed by atoms with E-state index in [-0.39, 0.29) is 35.7 Å². The van der Waals surface area contributed by atoms with Crippen LogP contribution in [-0.4, -0.2) is 29.6 Å². The van der Waals surface area contributed by atoms with Gasteiger partial charge in [0.15, 0.2) is 0 Å². The van der Waals surface area contributed by atoms with E-state index >= 15 is 0 Å². The first kappa shape index (κ1) is 20.4. The third kappa shape index (κ3) is 18.7. The summed E-state index contributed by atoms with van der Waals surface area (Å²) in [6.45, 7) is 6.12. The van der Waals surface area contributed by atoms with Crippen molar-refractivity contribution in [2.75, 3.05) is 0 Å². The average molecular weight is 210 g/mol. The molecule has 1 radical (unpaired) electrons. The molecule has 0 rings (SSSR count). The van der Waals surface area contributed by atoms with Crippen LogP contribution >= 0.6 is 0 Å². The molecule has 83 valence electrons. The van der Waals surface area contributed by atoms with Crippen LogP contribution in [0.2, 0.25) is 0 Å². The van der Waals surface area contributed by atoms with Crippen LogP contribution in [0.1, 0.15) is 71.1 Å². The molecule has 2 heteroatoms. The summed E-state index contributed by atoms with van der Waals surface area (Å²) in [6.07, 6.45) is 13.9. The molecule has 0 unspecified atom stereocenters. The summed E-state index contributed by atoms with van der Waals surface area (Å²) in [7, 11) is 0. The van der Waals surface area contributed by atoms with Crippen LogP contribution in [0.25, 0.3) is 0 Å². The molecule has 0 saturated heterocycles. The Labute approximate surface area is 113 Å². The van der Waals surface area contributed by atoms with Crippen molar-refractivity contribution >= 4 is 29.6 Å². The van der Waals surface area contributed by atoms with Crippen molar-refractivity contribution in [3.8, 4) is 0 Å². The van der Waals surface area contributed by atoms with E-state index in [4.69, 9.17) is 0 Å². The van der Waals surface area contributed by atoms with Crippen molar-refractivity contribution in [3.63, 3.8) is 0 Å². The van der Waals surface area contributed by atoms with Crippen LogP contribution in [0.4, 0.5) is 0 Å². The van der Waals surface area contributed by atoms with Gasteiger partial charge in [-0.3, -0.25) is 0 Å². The van der Waals surface area contributed by atoms with Gasteiger partial charge in [-0.25, -0.2) is 0 Å². The molecule has 0 fully saturated rings. The Bertz CT molecular complexity index is 66.7. The fourth-order valence-electron chi connectivity index (χ4n) is 1.49. The monoisotopic (exact) mass is 210 g/mol. The minimum absolute atomic E-state index is 0. The van der Waals surface area contributed by atoms with Gasteiger partial charge in [-0.2, -0.15) is 0 Å². The standard InChI is InChI=1S/C12H25.H3N.Na.H/c1-3-5-7-9-11-12-10-8-6-4-2;;;/h1,3-12H2,2H3;1H3;;. The first-order valence-electron chi connectivity index (χ1n) is 5.71. The predicted octanol–water partition coefficient (Wildman–Crippen LogP) is 4.25. The van der Waals surface area contributed by atoms with Crippen molar-refractivity contribution < 1.29 is 0 Å². The molecular weight excluding hydrogens is 181 g/mol. The zero-order valence-corrected chi connectivity index (χ0v) is 9.49. The molecule has 0 aromatic rings. The van der Waals surface area contributed by atoms with Gasteiger partial charge in [-0.15, -0.1) is 0 Å². The van der Waals surface area contributed by atoms with E-state index < -0.39 is 0 Å². The van der Waals surface area contributed by atoms with E-state index in [1.807, 2.05) is 0 Å². The zero-order chi connectivity index (χ0) is 9.07. The van der Waals surface area contributed by atoms with Gasteiger partial charge in [0, 0.05) is 0 Å². The molecular formula is C12H29NNa. The van der Waals surface area contributed by atoms with Crippen LogP contribution < -0.4 is 6.15 Å². The summed E-state index contributed by atoms with van der Waals surface area (Å²) in [4.78, 5) is 0. The molecule has 0 aromatic heterocycles. The second kappa shape index (κ2) is 19.5. The first-order valence-corrected chi connectivity index (χ1v) is 5.71. The van der Waals surface area contributed by atoms with Gasteiger partial charge in [-0.1, -0.05) is 78.1 Å². The number of hydrogen-bond donors (Lipinski definition) is 1. The van der Waals surface area contributed by atoms with E-state index in [1.54, 1.807) is 0 Å². The Morgan fingerprint density at radius 2 is 1.07 bits per heavy atom. The molecule has 1 nitrogen and oxygen atoms in total. The average Bonchev–Trinajstić information content (AvgIpc) is 2.10. The zero-order valence-electron chi connectivity index (χ0n) is 9.49. The second-order valence-corrected chi connectivity index (χ2v) is 3.68. The molecule has 0 saturated carbocycles. The SMILES string of the molecule is N.[CH2]CCCCCCCCCCC.[NaH]. The Hall–Kier alpha value is 0.960. The molecule has 3 N–H and O–H groups in total. The maximum atomic E-state index is 3.84. The van der Waals surface area contributed by atoms with Crippen molar-refractivity contribution in [3.05, 3.63) is 6.92 Å². The van der Waals surface area contributed by atoms with Crippen LogP contribution in [0.3, 0.4) is 0 Å². The van der Waals surface area contributed by atoms with Gasteiger partial charge in [-0.05, 0) is 0 Å². The molecule has 0 aromatic carbocycles. The molecule has 0 spiro atoms. The predicted molar refractivity (Wildman–Crippen MR) is 69.4 cm³/mol. The van der Waals surface area contributed by atoms with Crippen molar-refractivity contribution in [2.45, 2.75) is 71.1 Å². The maximum absolute atomic E-state index is 3.84. The minimum atomic E-state index is 0. The van der Waals surface area contributed by atoms with E-state index in [1.165, 1.54) is 57.8 Å². The number of hydrogen-bond acceptors (Lipinski definition) is 1. The van der Waals surface area contributed by atoms with E-state index in [2.05, 4.69) is 13.8 Å². The van der Waals surface area contributed by atoms with E-state index in [9.17, 15) is 0 Å². The van der Waals surface area contributed by atoms with Crippen LogP contribution in [0.5, 0.6) is 0 Å². The fourth-order valence-corrected chi connectivity index (χ4v) is 1.49. The summed E-state index contributed by atoms with van der Waals surface area (Å²) in [5.41, 5.74) is 0. The number of unbranched alkanes of at least 4 members (excludes halogenated alkanes) is 9. The fraction of sp³-hybridized carbons (Fsp3) is 0.917. The van der Waals surface area contributed by atoms with Gasteiger partial charge in [0.1, 0.15) is 0 Å². The van der Waals surface area contributed by atoms with E-state index in [0.29, 0.717) is 0 Å². The molecule has 0 amide bonds. The normalized spacial score (nSPS) is 9.00. The molecule has 0 aliphatic heterocycles. The summed E-state index contributed by atoms with van der Waals surface area (Å²) in [5, 5.41) is 0. The Balaban J connectivity index is -0.000000605. The second-order valence-electron chi connectivity index (χ2n) is 3.68. The van der Waals surface area contributed by atoms with E-state index in [0.717, 1.165) is 6.42 Å². The molecule has 0 aliphatic carbocycles. The quantitative estimate of drug-likeness (QED) is 0.448. The summed E-state index contributed by atoms with van der Waals surface area (Å²) in [5.74, 6) is 0. The third-order valence-corrected chi connectivity index (χ3v) is 2.35. The van der Waals surface area contributed by atoms with Crippen molar-refractivity contribution in [2.24, 2.45) is 0 Å². The Morgan fingerprint density at radius 3 is 1.43 bits per heavy atom. The molecule has 0 bridgehead atoms. The Kier molecular flexibility index (Phi) is 28.4. The first-order chi connectivity index (χ1) is 5.91. The van der Waals surface area contributed by atoms with Crippen LogP contribution in [0.15, 0.2) is 0 Å². The van der Waals surface area contributed by atoms with Gasteiger partial charge < -0.3 is 6.15 Å². The van der Waals surface area contributed by atoms with Crippen molar-refractivity contribution in [1.82, 2.24) is 6.15 Å². The van der Waals surface area contributed by atoms with Gasteiger partial charge >= 0.3 is 29.6 Å². The summed E-state index contributed by atoms with van der Waals surface area (Å²) < 4.78 is 0. The van der Waals surface area contributed by atoms with Crippen LogP contribution in [-0.2, 0) is 0 Å². The third-order valence-electron chi connectivity index (χ3n) is 2.35.